The highest BCUT2D eigenvalue weighted by Gasteiger charge is 2.21. The molecule has 3 heterocycles. The van der Waals surface area contributed by atoms with Crippen molar-refractivity contribution in [3.63, 3.8) is 0 Å². The van der Waals surface area contributed by atoms with Gasteiger partial charge >= 0.3 is 5.97 Å². The lowest BCUT2D eigenvalue weighted by molar-refractivity contribution is 0.0439. The average molecular weight is 363 g/mol. The van der Waals surface area contributed by atoms with E-state index in [1.807, 2.05) is 31.2 Å². The molecule has 0 fully saturated rings. The zero-order valence-corrected chi connectivity index (χ0v) is 15.1. The number of aryl methyl sites for hydroxylation is 3. The molecule has 3 aromatic heterocycles. The Kier molecular flexibility index (Phi) is 4.19. The van der Waals surface area contributed by atoms with Crippen molar-refractivity contribution in [3.05, 3.63) is 64.7 Å². The van der Waals surface area contributed by atoms with Crippen molar-refractivity contribution in [2.45, 2.75) is 27.4 Å². The fourth-order valence-electron chi connectivity index (χ4n) is 2.83. The van der Waals surface area contributed by atoms with Crippen LogP contribution in [0.5, 0.6) is 0 Å². The van der Waals surface area contributed by atoms with E-state index >= 15 is 0 Å². The largest absolute Gasteiger partial charge is 0.454 e. The maximum atomic E-state index is 12.7. The van der Waals surface area contributed by atoms with E-state index in [0.717, 1.165) is 16.8 Å². The molecule has 7 nitrogen and oxygen atoms in total. The maximum Gasteiger partial charge on any atom is 0.339 e. The second-order valence-corrected chi connectivity index (χ2v) is 6.38. The minimum atomic E-state index is -0.504. The van der Waals surface area contributed by atoms with Gasteiger partial charge in [-0.3, -0.25) is 0 Å². The number of rotatable bonds is 4. The van der Waals surface area contributed by atoms with Crippen LogP contribution in [0.1, 0.15) is 33.1 Å². The molecule has 0 saturated heterocycles. The molecule has 1 aromatic carbocycles. The summed E-state index contributed by atoms with van der Waals surface area (Å²) in [5.41, 5.74) is 4.58. The van der Waals surface area contributed by atoms with Gasteiger partial charge in [-0.25, -0.2) is 9.78 Å². The van der Waals surface area contributed by atoms with E-state index in [1.54, 1.807) is 26.0 Å². The number of fused-ring (bicyclic) bond motifs is 1. The Hall–Kier alpha value is -3.48. The summed E-state index contributed by atoms with van der Waals surface area (Å²) in [6.45, 7) is 5.56. The van der Waals surface area contributed by atoms with Crippen molar-refractivity contribution in [1.82, 2.24) is 15.3 Å². The first-order valence-corrected chi connectivity index (χ1v) is 8.44. The molecule has 0 atom stereocenters. The molecule has 0 spiro atoms. The minimum Gasteiger partial charge on any atom is -0.454 e. The summed E-state index contributed by atoms with van der Waals surface area (Å²) >= 11 is 0. The van der Waals surface area contributed by atoms with Gasteiger partial charge in [-0.2, -0.15) is 0 Å². The molecule has 4 rings (SSSR count). The zero-order valence-electron chi connectivity index (χ0n) is 15.1. The van der Waals surface area contributed by atoms with Gasteiger partial charge in [-0.15, -0.1) is 0 Å². The molecule has 0 aliphatic carbocycles. The number of carbonyl (C=O) groups excluding carboxylic acids is 1. The molecule has 0 aliphatic heterocycles. The zero-order chi connectivity index (χ0) is 19.0. The molecule has 0 saturated carbocycles. The first-order chi connectivity index (χ1) is 13.0. The first-order valence-electron chi connectivity index (χ1n) is 8.44. The molecular formula is C20H17N3O4. The van der Waals surface area contributed by atoms with Crippen molar-refractivity contribution in [3.8, 4) is 11.3 Å². The number of pyridine rings is 1. The smallest absolute Gasteiger partial charge is 0.339 e. The monoisotopic (exact) mass is 363 g/mol. The van der Waals surface area contributed by atoms with Gasteiger partial charge in [0, 0.05) is 11.6 Å². The Labute approximate surface area is 154 Å². The van der Waals surface area contributed by atoms with Gasteiger partial charge in [0.05, 0.1) is 28.0 Å². The highest BCUT2D eigenvalue weighted by molar-refractivity contribution is 6.04. The van der Waals surface area contributed by atoms with Gasteiger partial charge in [-0.05, 0) is 26.8 Å². The summed E-state index contributed by atoms with van der Waals surface area (Å²) in [4.78, 5) is 17.2. The SMILES string of the molecule is Cc1ccc(-c2cc(C(=O)OCc3cc(C)no3)c3c(C)noc3n2)cc1. The molecule has 136 valence electrons. The highest BCUT2D eigenvalue weighted by Crippen LogP contribution is 2.28. The number of carbonyl (C=O) groups is 1. The van der Waals surface area contributed by atoms with Crippen molar-refractivity contribution < 1.29 is 18.6 Å². The van der Waals surface area contributed by atoms with E-state index in [-0.39, 0.29) is 6.61 Å². The highest BCUT2D eigenvalue weighted by atomic mass is 16.5. The third kappa shape index (κ3) is 3.31. The van der Waals surface area contributed by atoms with Crippen molar-refractivity contribution in [1.29, 1.82) is 0 Å². The summed E-state index contributed by atoms with van der Waals surface area (Å²) in [6, 6.07) is 11.3. The Morgan fingerprint density at radius 2 is 1.81 bits per heavy atom. The Bertz CT molecular complexity index is 1130. The van der Waals surface area contributed by atoms with E-state index < -0.39 is 5.97 Å². The normalized spacial score (nSPS) is 11.1. The summed E-state index contributed by atoms with van der Waals surface area (Å²) in [5.74, 6) is -0.0249. The van der Waals surface area contributed by atoms with Crippen LogP contribution in [0, 0.1) is 20.8 Å². The number of benzene rings is 1. The van der Waals surface area contributed by atoms with E-state index in [4.69, 9.17) is 13.8 Å². The van der Waals surface area contributed by atoms with Crippen molar-refractivity contribution in [2.24, 2.45) is 0 Å². The molecule has 0 aliphatic rings. The molecule has 0 bridgehead atoms. The van der Waals surface area contributed by atoms with Crippen LogP contribution in [0.4, 0.5) is 0 Å². The quantitative estimate of drug-likeness (QED) is 0.503. The number of ether oxygens (including phenoxy) is 1. The number of esters is 1. The molecule has 0 amide bonds. The summed E-state index contributed by atoms with van der Waals surface area (Å²) in [7, 11) is 0. The predicted octanol–water partition coefficient (Wildman–Crippen LogP) is 4.16. The van der Waals surface area contributed by atoms with E-state index in [0.29, 0.717) is 33.8 Å². The van der Waals surface area contributed by atoms with Gasteiger partial charge in [0.25, 0.3) is 5.71 Å². The van der Waals surface area contributed by atoms with Gasteiger partial charge < -0.3 is 13.8 Å². The van der Waals surface area contributed by atoms with Crippen LogP contribution >= 0.6 is 0 Å². The van der Waals surface area contributed by atoms with Gasteiger partial charge in [0.15, 0.2) is 12.4 Å². The number of aromatic nitrogens is 3. The van der Waals surface area contributed by atoms with Crippen molar-refractivity contribution in [2.75, 3.05) is 0 Å². The number of nitrogens with zero attached hydrogens (tertiary/aromatic N) is 3. The average Bonchev–Trinajstić information content (AvgIpc) is 3.25. The number of hydrogen-bond acceptors (Lipinski definition) is 7. The van der Waals surface area contributed by atoms with Crippen LogP contribution in [-0.2, 0) is 11.3 Å². The fraction of sp³-hybridized carbons (Fsp3) is 0.200. The van der Waals surface area contributed by atoms with Crippen LogP contribution in [0.3, 0.4) is 0 Å². The van der Waals surface area contributed by atoms with Crippen LogP contribution < -0.4 is 0 Å². The van der Waals surface area contributed by atoms with E-state index in [2.05, 4.69) is 15.3 Å². The van der Waals surface area contributed by atoms with Gasteiger partial charge in [-0.1, -0.05) is 40.1 Å². The third-order valence-corrected chi connectivity index (χ3v) is 4.21. The third-order valence-electron chi connectivity index (χ3n) is 4.21. The van der Waals surface area contributed by atoms with Crippen LogP contribution in [0.25, 0.3) is 22.4 Å². The Morgan fingerprint density at radius 3 is 2.52 bits per heavy atom. The molecule has 0 radical (unpaired) electrons. The van der Waals surface area contributed by atoms with E-state index in [9.17, 15) is 4.79 Å². The van der Waals surface area contributed by atoms with Crippen LogP contribution in [0.2, 0.25) is 0 Å². The summed E-state index contributed by atoms with van der Waals surface area (Å²) in [5, 5.41) is 8.26. The lowest BCUT2D eigenvalue weighted by atomic mass is 10.0. The fourth-order valence-corrected chi connectivity index (χ4v) is 2.83. The van der Waals surface area contributed by atoms with Gasteiger partial charge in [0.2, 0.25) is 0 Å². The predicted molar refractivity (Wildman–Crippen MR) is 97.1 cm³/mol. The second kappa shape index (κ2) is 6.68. The minimum absolute atomic E-state index is 0.00627. The lowest BCUT2D eigenvalue weighted by Gasteiger charge is -2.07. The van der Waals surface area contributed by atoms with Crippen LogP contribution in [0.15, 0.2) is 45.4 Å². The Morgan fingerprint density at radius 1 is 1.04 bits per heavy atom. The standard InChI is InChI=1S/C20H17N3O4/c1-11-4-6-14(7-5-11)17-9-16(18-13(3)23-27-19(18)21-17)20(24)25-10-15-8-12(2)22-26-15/h4-9H,10H2,1-3H3. The molecule has 0 N–H and O–H groups in total. The molecule has 4 aromatic rings. The summed E-state index contributed by atoms with van der Waals surface area (Å²) < 4.78 is 15.8. The van der Waals surface area contributed by atoms with Crippen molar-refractivity contribution >= 4 is 17.1 Å². The van der Waals surface area contributed by atoms with Crippen LogP contribution in [-0.4, -0.2) is 21.3 Å². The topological polar surface area (TPSA) is 91.2 Å². The first kappa shape index (κ1) is 17.0. The molecule has 0 unspecified atom stereocenters. The van der Waals surface area contributed by atoms with Gasteiger partial charge in [0.1, 0.15) is 0 Å². The molecular weight excluding hydrogens is 346 g/mol. The summed E-state index contributed by atoms with van der Waals surface area (Å²) in [6.07, 6.45) is 0. The molecule has 7 heteroatoms. The Balaban J connectivity index is 1.72. The lowest BCUT2D eigenvalue weighted by Crippen LogP contribution is -2.07. The molecule has 27 heavy (non-hydrogen) atoms. The number of hydrogen-bond donors (Lipinski definition) is 0. The van der Waals surface area contributed by atoms with E-state index in [1.165, 1.54) is 0 Å². The maximum absolute atomic E-state index is 12.7. The second-order valence-electron chi connectivity index (χ2n) is 6.38.